The zero-order valence-electron chi connectivity index (χ0n) is 20.1. The van der Waals surface area contributed by atoms with Crippen LogP contribution in [0.1, 0.15) is 40.5 Å². The molecule has 0 spiro atoms. The molecule has 2 heterocycles. The molecule has 1 aliphatic heterocycles. The van der Waals surface area contributed by atoms with E-state index in [0.717, 1.165) is 42.5 Å². The molecule has 0 saturated carbocycles. The number of benzene rings is 1. The van der Waals surface area contributed by atoms with Crippen LogP contribution in [-0.2, 0) is 20.9 Å². The van der Waals surface area contributed by atoms with E-state index in [4.69, 9.17) is 4.74 Å². The quantitative estimate of drug-likeness (QED) is 0.384. The van der Waals surface area contributed by atoms with Crippen molar-refractivity contribution in [3.8, 4) is 11.4 Å². The third-order valence-corrected chi connectivity index (χ3v) is 6.96. The molecule has 1 aromatic carbocycles. The fourth-order valence-corrected chi connectivity index (χ4v) is 5.08. The van der Waals surface area contributed by atoms with Gasteiger partial charge in [0, 0.05) is 44.0 Å². The summed E-state index contributed by atoms with van der Waals surface area (Å²) in [5.41, 5.74) is 2.20. The topological polar surface area (TPSA) is 80.6 Å². The molecule has 3 rings (SSSR count). The lowest BCUT2D eigenvalue weighted by Crippen LogP contribution is -2.43. The molecule has 1 aromatic heterocycles. The van der Waals surface area contributed by atoms with Crippen molar-refractivity contribution in [2.45, 2.75) is 52.2 Å². The summed E-state index contributed by atoms with van der Waals surface area (Å²) in [4.78, 5) is 29.0. The summed E-state index contributed by atoms with van der Waals surface area (Å²) in [5, 5.41) is 9.50. The van der Waals surface area contributed by atoms with Crippen LogP contribution >= 0.6 is 11.8 Å². The number of ether oxygens (including phenoxy) is 1. The van der Waals surface area contributed by atoms with Crippen molar-refractivity contribution in [3.05, 3.63) is 24.3 Å². The van der Waals surface area contributed by atoms with Gasteiger partial charge in [0.1, 0.15) is 0 Å². The smallest absolute Gasteiger partial charge is 0.310 e. The summed E-state index contributed by atoms with van der Waals surface area (Å²) in [6, 6.07) is 8.38. The molecule has 2 aromatic rings. The van der Waals surface area contributed by atoms with E-state index in [-0.39, 0.29) is 23.5 Å². The van der Waals surface area contributed by atoms with Gasteiger partial charge in [0.2, 0.25) is 5.91 Å². The van der Waals surface area contributed by atoms with Crippen molar-refractivity contribution in [2.24, 2.45) is 5.92 Å². The average Bonchev–Trinajstić information content (AvgIpc) is 3.27. The Bertz CT molecular complexity index is 927. The van der Waals surface area contributed by atoms with Gasteiger partial charge in [-0.1, -0.05) is 11.8 Å². The number of carbonyl (C=O) groups excluding carboxylic acids is 2. The number of hydrogen-bond acceptors (Lipinski definition) is 7. The number of esters is 1. The molecule has 0 N–H and O–H groups in total. The molecule has 33 heavy (non-hydrogen) atoms. The molecule has 1 saturated heterocycles. The minimum absolute atomic E-state index is 0.0183. The van der Waals surface area contributed by atoms with E-state index in [1.165, 1.54) is 17.4 Å². The van der Waals surface area contributed by atoms with E-state index in [1.807, 2.05) is 4.57 Å². The number of anilines is 1. The van der Waals surface area contributed by atoms with E-state index < -0.39 is 0 Å². The number of hydrogen-bond donors (Lipinski definition) is 0. The van der Waals surface area contributed by atoms with Crippen LogP contribution in [0.3, 0.4) is 0 Å². The second-order valence-corrected chi connectivity index (χ2v) is 8.93. The molecule has 1 amide bonds. The van der Waals surface area contributed by atoms with Crippen LogP contribution in [0.25, 0.3) is 11.4 Å². The maximum absolute atomic E-state index is 12.8. The normalized spacial score (nSPS) is 16.0. The van der Waals surface area contributed by atoms with E-state index in [0.29, 0.717) is 26.2 Å². The summed E-state index contributed by atoms with van der Waals surface area (Å²) in [6.45, 7) is 12.3. The van der Waals surface area contributed by atoms with Crippen LogP contribution in [-0.4, -0.2) is 70.1 Å². The van der Waals surface area contributed by atoms with Gasteiger partial charge in [0.15, 0.2) is 11.0 Å². The molecule has 0 radical (unpaired) electrons. The third kappa shape index (κ3) is 6.07. The number of piperidine rings is 1. The molecule has 1 aliphatic rings. The number of thioether (sulfide) groups is 1. The first kappa shape index (κ1) is 25.1. The van der Waals surface area contributed by atoms with Gasteiger partial charge in [-0.2, -0.15) is 0 Å². The van der Waals surface area contributed by atoms with Crippen molar-refractivity contribution in [1.82, 2.24) is 19.7 Å². The fraction of sp³-hybridized carbons (Fsp3) is 0.583. The maximum Gasteiger partial charge on any atom is 0.310 e. The first-order valence-electron chi connectivity index (χ1n) is 11.9. The standard InChI is InChI=1S/C24H35N5O3S/c1-5-27(6-2)20-13-11-18(12-14-20)22-25-26-24(29(22)7-3)33-17-21(30)28-15-9-10-19(16-28)23(31)32-8-4/h11-14,19H,5-10,15-17H2,1-4H3. The predicted molar refractivity (Wildman–Crippen MR) is 131 cm³/mol. The van der Waals surface area contributed by atoms with E-state index >= 15 is 0 Å². The number of likely N-dealkylation sites (tertiary alicyclic amines) is 1. The minimum Gasteiger partial charge on any atom is -0.466 e. The molecule has 0 bridgehead atoms. The molecule has 1 fully saturated rings. The van der Waals surface area contributed by atoms with Gasteiger partial charge in [-0.25, -0.2) is 0 Å². The predicted octanol–water partition coefficient (Wildman–Crippen LogP) is 3.71. The van der Waals surface area contributed by atoms with Crippen LogP contribution in [0.2, 0.25) is 0 Å². The lowest BCUT2D eigenvalue weighted by atomic mass is 9.98. The molecule has 8 nitrogen and oxygen atoms in total. The highest BCUT2D eigenvalue weighted by Gasteiger charge is 2.29. The van der Waals surface area contributed by atoms with Crippen LogP contribution in [0.5, 0.6) is 0 Å². The summed E-state index contributed by atoms with van der Waals surface area (Å²) < 4.78 is 7.18. The molecule has 1 atom stereocenters. The molecular formula is C24H35N5O3S. The van der Waals surface area contributed by atoms with Gasteiger partial charge in [0.05, 0.1) is 18.3 Å². The van der Waals surface area contributed by atoms with Crippen molar-refractivity contribution >= 4 is 29.3 Å². The lowest BCUT2D eigenvalue weighted by Gasteiger charge is -2.31. The highest BCUT2D eigenvalue weighted by atomic mass is 32.2. The summed E-state index contributed by atoms with van der Waals surface area (Å²) in [6.07, 6.45) is 1.59. The minimum atomic E-state index is -0.224. The zero-order chi connectivity index (χ0) is 23.8. The van der Waals surface area contributed by atoms with Crippen molar-refractivity contribution in [2.75, 3.05) is 43.4 Å². The van der Waals surface area contributed by atoms with Crippen molar-refractivity contribution in [1.29, 1.82) is 0 Å². The highest BCUT2D eigenvalue weighted by molar-refractivity contribution is 7.99. The number of amides is 1. The van der Waals surface area contributed by atoms with Gasteiger partial charge in [-0.15, -0.1) is 10.2 Å². The summed E-state index contributed by atoms with van der Waals surface area (Å²) in [5.74, 6) is 0.667. The SMILES string of the molecule is CCOC(=O)C1CCCN(C(=O)CSc2nnc(-c3ccc(N(CC)CC)cc3)n2CC)C1. The van der Waals surface area contributed by atoms with E-state index in [1.54, 1.807) is 11.8 Å². The third-order valence-electron chi connectivity index (χ3n) is 6.01. The Morgan fingerprint density at radius 3 is 2.48 bits per heavy atom. The fourth-order valence-electron chi connectivity index (χ4n) is 4.18. The van der Waals surface area contributed by atoms with Crippen LogP contribution in [0.15, 0.2) is 29.4 Å². The van der Waals surface area contributed by atoms with Crippen LogP contribution < -0.4 is 4.90 Å². The number of carbonyl (C=O) groups is 2. The zero-order valence-corrected chi connectivity index (χ0v) is 20.9. The van der Waals surface area contributed by atoms with Crippen LogP contribution in [0, 0.1) is 5.92 Å². The maximum atomic E-state index is 12.8. The summed E-state index contributed by atoms with van der Waals surface area (Å²) >= 11 is 1.40. The lowest BCUT2D eigenvalue weighted by molar-refractivity contribution is -0.151. The Morgan fingerprint density at radius 2 is 1.85 bits per heavy atom. The van der Waals surface area contributed by atoms with Crippen molar-refractivity contribution < 1.29 is 14.3 Å². The molecule has 1 unspecified atom stereocenters. The molecular weight excluding hydrogens is 438 g/mol. The Balaban J connectivity index is 1.64. The van der Waals surface area contributed by atoms with Crippen LogP contribution in [0.4, 0.5) is 5.69 Å². The Morgan fingerprint density at radius 1 is 1.12 bits per heavy atom. The second kappa shape index (κ2) is 12.1. The van der Waals surface area contributed by atoms with Gasteiger partial charge in [-0.05, 0) is 64.8 Å². The number of aromatic nitrogens is 3. The number of rotatable bonds is 10. The Kier molecular flexibility index (Phi) is 9.17. The average molecular weight is 474 g/mol. The monoisotopic (exact) mass is 473 g/mol. The van der Waals surface area contributed by atoms with Crippen molar-refractivity contribution in [3.63, 3.8) is 0 Å². The Hall–Kier alpha value is -2.55. The molecule has 180 valence electrons. The van der Waals surface area contributed by atoms with Gasteiger partial charge < -0.3 is 19.1 Å². The molecule has 0 aliphatic carbocycles. The first-order valence-corrected chi connectivity index (χ1v) is 12.9. The number of nitrogens with zero attached hydrogens (tertiary/aromatic N) is 5. The van der Waals surface area contributed by atoms with Gasteiger partial charge >= 0.3 is 5.97 Å². The van der Waals surface area contributed by atoms with E-state index in [9.17, 15) is 9.59 Å². The first-order chi connectivity index (χ1) is 16.0. The molecule has 9 heteroatoms. The van der Waals surface area contributed by atoms with E-state index in [2.05, 4.69) is 60.1 Å². The highest BCUT2D eigenvalue weighted by Crippen LogP contribution is 2.27. The Labute approximate surface area is 200 Å². The summed E-state index contributed by atoms with van der Waals surface area (Å²) in [7, 11) is 0. The van der Waals surface area contributed by atoms with Gasteiger partial charge in [0.25, 0.3) is 0 Å². The van der Waals surface area contributed by atoms with Gasteiger partial charge in [-0.3, -0.25) is 9.59 Å². The second-order valence-electron chi connectivity index (χ2n) is 7.99. The largest absolute Gasteiger partial charge is 0.466 e.